The van der Waals surface area contributed by atoms with Crippen molar-refractivity contribution in [3.05, 3.63) is 64.7 Å². The summed E-state index contributed by atoms with van der Waals surface area (Å²) >= 11 is 0. The molecule has 242 valence electrons. The second-order valence-electron chi connectivity index (χ2n) is 18.7. The van der Waals surface area contributed by atoms with Crippen molar-refractivity contribution in [1.29, 1.82) is 0 Å². The molecule has 4 heterocycles. The first-order chi connectivity index (χ1) is 22.6. The predicted octanol–water partition coefficient (Wildman–Crippen LogP) is 8.98. The van der Waals surface area contributed by atoms with Crippen molar-refractivity contribution in [3.63, 3.8) is 0 Å². The lowest BCUT2D eigenvalue weighted by molar-refractivity contribution is 0.0334. The van der Waals surface area contributed by atoms with Crippen LogP contribution >= 0.6 is 0 Å². The topological polar surface area (TPSA) is 6.48 Å². The van der Waals surface area contributed by atoms with E-state index in [4.69, 9.17) is 0 Å². The summed E-state index contributed by atoms with van der Waals surface area (Å²) in [5, 5.41) is 0. The normalized spacial score (nSPS) is 39.7. The molecule has 2 nitrogen and oxygen atoms in total. The van der Waals surface area contributed by atoms with E-state index in [1.807, 2.05) is 0 Å². The van der Waals surface area contributed by atoms with Crippen LogP contribution in [0.5, 0.6) is 0 Å². The van der Waals surface area contributed by atoms with E-state index in [9.17, 15) is 0 Å². The lowest BCUT2D eigenvalue weighted by atomic mass is 9.33. The van der Waals surface area contributed by atoms with Gasteiger partial charge in [-0.05, 0) is 135 Å². The van der Waals surface area contributed by atoms with Gasteiger partial charge >= 0.3 is 0 Å². The van der Waals surface area contributed by atoms with Crippen molar-refractivity contribution in [3.8, 4) is 0 Å². The van der Waals surface area contributed by atoms with E-state index in [0.29, 0.717) is 6.71 Å². The van der Waals surface area contributed by atoms with E-state index in [1.165, 1.54) is 88.2 Å². The van der Waals surface area contributed by atoms with Gasteiger partial charge in [0.15, 0.2) is 0 Å². The molecule has 4 aliphatic carbocycles. The summed E-state index contributed by atoms with van der Waals surface area (Å²) in [6, 6.07) is 18.1. The minimum absolute atomic E-state index is 0.0958. The molecule has 0 amide bonds. The number of benzene rings is 3. The standard InChI is InChI=1S/C44H53BN2/c1-26-22-33-40-35(23-26)45-34-17-11-16-32-39(34)46(43(5)30-14-9-7-12-28(30)18-20-41(32,43)3)36-24-27(2)25-37(38(36)45)47(40)44(6)31-15-10-8-13-29(31)19-21-42(33,44)4/h11,16-17,22-25,28-31H,7-10,12-15,18-21H2,1-6H3. The van der Waals surface area contributed by atoms with Crippen LogP contribution in [0, 0.1) is 37.5 Å². The van der Waals surface area contributed by atoms with Crippen molar-refractivity contribution in [2.75, 3.05) is 9.80 Å². The number of hydrogen-bond donors (Lipinski definition) is 0. The summed E-state index contributed by atoms with van der Waals surface area (Å²) < 4.78 is 0. The van der Waals surface area contributed by atoms with Crippen molar-refractivity contribution in [2.45, 2.75) is 141 Å². The van der Waals surface area contributed by atoms with Crippen molar-refractivity contribution in [1.82, 2.24) is 0 Å². The summed E-state index contributed by atoms with van der Waals surface area (Å²) in [4.78, 5) is 6.05. The zero-order chi connectivity index (χ0) is 31.8. The number of hydrogen-bond acceptors (Lipinski definition) is 2. The SMILES string of the molecule is Cc1cc2c3c(c1)N1c4c(cc(C)cc4C4(C)CCC5CCCCC5C14C)B3c1cccc3c1N2C1(C)C2CCCCC2CCC31C. The van der Waals surface area contributed by atoms with Gasteiger partial charge in [0.05, 0.1) is 11.1 Å². The minimum atomic E-state index is 0.0958. The van der Waals surface area contributed by atoms with E-state index < -0.39 is 0 Å². The van der Waals surface area contributed by atoms with Crippen molar-refractivity contribution < 1.29 is 0 Å². The molecule has 4 fully saturated rings. The second-order valence-corrected chi connectivity index (χ2v) is 18.7. The molecule has 3 heteroatoms. The maximum Gasteiger partial charge on any atom is 0.252 e. The molecule has 0 saturated heterocycles. The van der Waals surface area contributed by atoms with Crippen LogP contribution in [0.3, 0.4) is 0 Å². The van der Waals surface area contributed by atoms with Crippen LogP contribution in [-0.4, -0.2) is 17.8 Å². The lowest BCUT2D eigenvalue weighted by Crippen LogP contribution is -2.69. The molecule has 3 aromatic carbocycles. The van der Waals surface area contributed by atoms with Crippen LogP contribution in [0.2, 0.25) is 0 Å². The Morgan fingerprint density at radius 3 is 1.74 bits per heavy atom. The maximum atomic E-state index is 3.03. The monoisotopic (exact) mass is 620 g/mol. The van der Waals surface area contributed by atoms with Gasteiger partial charge in [0.2, 0.25) is 0 Å². The third kappa shape index (κ3) is 2.91. The Labute approximate surface area is 283 Å². The molecule has 11 rings (SSSR count). The van der Waals surface area contributed by atoms with Crippen LogP contribution in [0.1, 0.15) is 127 Å². The molecule has 0 bridgehead atoms. The number of fused-ring (bicyclic) bond motifs is 14. The van der Waals surface area contributed by atoms with Gasteiger partial charge in [0.25, 0.3) is 6.71 Å². The van der Waals surface area contributed by atoms with Crippen LogP contribution in [0.4, 0.5) is 22.7 Å². The quantitative estimate of drug-likeness (QED) is 0.232. The molecule has 0 N–H and O–H groups in total. The molecular formula is C44H53BN2. The van der Waals surface area contributed by atoms with Gasteiger partial charge in [-0.25, -0.2) is 0 Å². The Bertz CT molecular complexity index is 1890. The van der Waals surface area contributed by atoms with Crippen molar-refractivity contribution in [2.24, 2.45) is 23.7 Å². The van der Waals surface area contributed by atoms with Gasteiger partial charge in [-0.1, -0.05) is 88.3 Å². The first kappa shape index (κ1) is 28.2. The van der Waals surface area contributed by atoms with Crippen LogP contribution in [0.25, 0.3) is 0 Å². The smallest absolute Gasteiger partial charge is 0.252 e. The zero-order valence-corrected chi connectivity index (χ0v) is 29.8. The van der Waals surface area contributed by atoms with E-state index >= 15 is 0 Å². The number of anilines is 4. The van der Waals surface area contributed by atoms with Gasteiger partial charge in [0.1, 0.15) is 0 Å². The van der Waals surface area contributed by atoms with Gasteiger partial charge in [-0.3, -0.25) is 0 Å². The number of para-hydroxylation sites is 1. The van der Waals surface area contributed by atoms with Crippen LogP contribution in [0.15, 0.2) is 42.5 Å². The van der Waals surface area contributed by atoms with Gasteiger partial charge in [-0.15, -0.1) is 0 Å². The Morgan fingerprint density at radius 2 is 1.13 bits per heavy atom. The molecule has 0 aromatic heterocycles. The predicted molar refractivity (Wildman–Crippen MR) is 199 cm³/mol. The van der Waals surface area contributed by atoms with Gasteiger partial charge in [-0.2, -0.15) is 0 Å². The zero-order valence-electron chi connectivity index (χ0n) is 29.8. The molecule has 4 saturated carbocycles. The highest BCUT2D eigenvalue weighted by Crippen LogP contribution is 2.69. The largest absolute Gasteiger partial charge is 0.335 e. The number of rotatable bonds is 0. The number of aryl methyl sites for hydroxylation is 2. The Hall–Kier alpha value is -2.68. The van der Waals surface area contributed by atoms with Crippen LogP contribution in [-0.2, 0) is 10.8 Å². The van der Waals surface area contributed by atoms with Crippen molar-refractivity contribution >= 4 is 45.9 Å². The molecular weight excluding hydrogens is 567 g/mol. The number of nitrogens with zero attached hydrogens (tertiary/aromatic N) is 2. The molecule has 0 spiro atoms. The molecule has 8 atom stereocenters. The molecule has 4 aliphatic heterocycles. The fraction of sp³-hybridized carbons (Fsp3) is 0.591. The summed E-state index contributed by atoms with van der Waals surface area (Å²) in [7, 11) is 0. The van der Waals surface area contributed by atoms with Gasteiger partial charge in [0, 0.05) is 33.6 Å². The highest BCUT2D eigenvalue weighted by Gasteiger charge is 2.69. The van der Waals surface area contributed by atoms with E-state index in [0.717, 1.165) is 23.7 Å². The van der Waals surface area contributed by atoms with E-state index in [2.05, 4.69) is 93.8 Å². The maximum absolute atomic E-state index is 3.03. The minimum Gasteiger partial charge on any atom is -0.335 e. The average Bonchev–Trinajstić information content (AvgIpc) is 3.42. The second kappa shape index (κ2) is 8.72. The van der Waals surface area contributed by atoms with E-state index in [1.54, 1.807) is 50.3 Å². The third-order valence-electron chi connectivity index (χ3n) is 17.1. The lowest BCUT2D eigenvalue weighted by Gasteiger charge is -2.61. The highest BCUT2D eigenvalue weighted by molar-refractivity contribution is 7.00. The molecule has 8 aliphatic rings. The molecule has 3 aromatic rings. The summed E-state index contributed by atoms with van der Waals surface area (Å²) in [5.41, 5.74) is 17.9. The first-order valence-electron chi connectivity index (χ1n) is 19.7. The summed E-state index contributed by atoms with van der Waals surface area (Å²) in [6.45, 7) is 15.9. The molecule has 0 radical (unpaired) electrons. The van der Waals surface area contributed by atoms with Crippen LogP contribution < -0.4 is 26.2 Å². The fourth-order valence-electron chi connectivity index (χ4n) is 14.8. The fourth-order valence-corrected chi connectivity index (χ4v) is 14.8. The molecule has 8 unspecified atom stereocenters. The van der Waals surface area contributed by atoms with Gasteiger partial charge < -0.3 is 9.80 Å². The Kier molecular flexibility index (Phi) is 5.23. The third-order valence-corrected chi connectivity index (χ3v) is 17.1. The average molecular weight is 621 g/mol. The highest BCUT2D eigenvalue weighted by atomic mass is 15.3. The first-order valence-corrected chi connectivity index (χ1v) is 19.7. The Morgan fingerprint density at radius 1 is 0.596 bits per heavy atom. The van der Waals surface area contributed by atoms with E-state index in [-0.39, 0.29) is 21.9 Å². The Balaban J connectivity index is 1.24. The summed E-state index contributed by atoms with van der Waals surface area (Å²) in [5.74, 6) is 3.24. The summed E-state index contributed by atoms with van der Waals surface area (Å²) in [6.07, 6.45) is 16.8. The molecule has 47 heavy (non-hydrogen) atoms.